The molecule has 6 aliphatic heterocycles. The molecule has 6 heterocycles. The maximum absolute atomic E-state index is 6.33. The first-order chi connectivity index (χ1) is 21.4. The van der Waals surface area contributed by atoms with E-state index in [0.717, 1.165) is 39.1 Å². The predicted octanol–water partition coefficient (Wildman–Crippen LogP) is 8.97. The quantitative estimate of drug-likeness (QED) is 0.248. The minimum atomic E-state index is 0.0203. The Morgan fingerprint density at radius 1 is 0.457 bits per heavy atom. The third-order valence-electron chi connectivity index (χ3n) is 11.8. The summed E-state index contributed by atoms with van der Waals surface area (Å²) in [5.41, 5.74) is 0.142. The normalized spacial score (nSPS) is 44.2. The van der Waals surface area contributed by atoms with Gasteiger partial charge in [-0.05, 0) is 75.5 Å². The summed E-state index contributed by atoms with van der Waals surface area (Å²) in [6.07, 6.45) is 6.37. The Balaban J connectivity index is 0.000000157. The smallest absolute Gasteiger partial charge is 0.0978 e. The van der Waals surface area contributed by atoms with Crippen molar-refractivity contribution < 1.29 is 28.4 Å². The Morgan fingerprint density at radius 3 is 1.09 bits per heavy atom. The Labute approximate surface area is 284 Å². The molecule has 0 aromatic heterocycles. The van der Waals surface area contributed by atoms with E-state index in [9.17, 15) is 0 Å². The van der Waals surface area contributed by atoms with Crippen LogP contribution in [0.25, 0.3) is 0 Å². The van der Waals surface area contributed by atoms with Crippen molar-refractivity contribution in [1.29, 1.82) is 0 Å². The number of rotatable bonds is 9. The molecule has 12 unspecified atom stereocenters. The molecule has 6 bridgehead atoms. The van der Waals surface area contributed by atoms with Gasteiger partial charge in [-0.3, -0.25) is 0 Å². The Bertz CT molecular complexity index is 909. The molecule has 12 atom stereocenters. The van der Waals surface area contributed by atoms with Gasteiger partial charge in [0.05, 0.1) is 66.6 Å². The Morgan fingerprint density at radius 2 is 0.761 bits per heavy atom. The lowest BCUT2D eigenvalue weighted by Gasteiger charge is -2.42. The Hall–Kier alpha value is -0.240. The lowest BCUT2D eigenvalue weighted by Crippen LogP contribution is -2.47. The highest BCUT2D eigenvalue weighted by Crippen LogP contribution is 2.53. The highest BCUT2D eigenvalue weighted by atomic mass is 16.6. The molecule has 0 spiro atoms. The van der Waals surface area contributed by atoms with Gasteiger partial charge in [0.25, 0.3) is 0 Å². The summed E-state index contributed by atoms with van der Waals surface area (Å²) in [6, 6.07) is 0. The average Bonchev–Trinajstić information content (AvgIpc) is 3.63. The molecule has 6 nitrogen and oxygen atoms in total. The van der Waals surface area contributed by atoms with Crippen LogP contribution in [0.2, 0.25) is 0 Å². The number of hydrogen-bond acceptors (Lipinski definition) is 6. The number of ether oxygens (including phenoxy) is 6. The fourth-order valence-corrected chi connectivity index (χ4v) is 11.2. The molecule has 6 fully saturated rings. The summed E-state index contributed by atoms with van der Waals surface area (Å²) < 4.78 is 36.5. The first-order valence-corrected chi connectivity index (χ1v) is 19.3. The minimum Gasteiger partial charge on any atom is -0.375 e. The number of hydrogen-bond donors (Lipinski definition) is 0. The van der Waals surface area contributed by atoms with Gasteiger partial charge in [-0.25, -0.2) is 0 Å². The molecular weight excluding hydrogens is 576 g/mol. The van der Waals surface area contributed by atoms with Crippen LogP contribution in [-0.2, 0) is 28.4 Å². The standard InChI is InChI=1S/C14H26O2.2C13H24O2/c1-9(2)8-14-6-7-15-13(11(5)16-14)12(14)10(3)4;2*1-8(2)6-13-7-14-12(10(5)15-13)11(13)9(3)4/h9-13H,6-8H2,1-5H3;2*8-12H,6-7H2,1-5H3. The van der Waals surface area contributed by atoms with Gasteiger partial charge in [-0.15, -0.1) is 0 Å². The molecule has 0 aromatic rings. The molecule has 0 N–H and O–H groups in total. The fraction of sp³-hybridized carbons (Fsp3) is 1.00. The van der Waals surface area contributed by atoms with Crippen molar-refractivity contribution in [2.45, 2.75) is 183 Å². The topological polar surface area (TPSA) is 55.4 Å². The maximum Gasteiger partial charge on any atom is 0.0978 e. The lowest BCUT2D eigenvalue weighted by molar-refractivity contribution is -0.143. The minimum absolute atomic E-state index is 0.0203. The second-order valence-electron chi connectivity index (χ2n) is 18.4. The van der Waals surface area contributed by atoms with Gasteiger partial charge < -0.3 is 28.4 Å². The van der Waals surface area contributed by atoms with Crippen LogP contribution < -0.4 is 0 Å². The van der Waals surface area contributed by atoms with Gasteiger partial charge in [0.15, 0.2) is 0 Å². The van der Waals surface area contributed by atoms with Crippen LogP contribution in [0.1, 0.15) is 130 Å². The molecule has 0 amide bonds. The van der Waals surface area contributed by atoms with Crippen molar-refractivity contribution in [3.05, 3.63) is 0 Å². The van der Waals surface area contributed by atoms with Crippen LogP contribution in [0.5, 0.6) is 0 Å². The van der Waals surface area contributed by atoms with E-state index < -0.39 is 0 Å². The van der Waals surface area contributed by atoms with Crippen molar-refractivity contribution in [3.8, 4) is 0 Å². The first kappa shape index (κ1) is 38.6. The van der Waals surface area contributed by atoms with E-state index in [1.807, 2.05) is 0 Å². The van der Waals surface area contributed by atoms with E-state index in [-0.39, 0.29) is 35.1 Å². The summed E-state index contributed by atoms with van der Waals surface area (Å²) in [7, 11) is 0. The predicted molar refractivity (Wildman–Crippen MR) is 187 cm³/mol. The second kappa shape index (κ2) is 14.9. The van der Waals surface area contributed by atoms with Crippen molar-refractivity contribution >= 4 is 0 Å². The van der Waals surface area contributed by atoms with E-state index in [1.165, 1.54) is 6.42 Å². The summed E-state index contributed by atoms with van der Waals surface area (Å²) in [4.78, 5) is 0. The van der Waals surface area contributed by atoms with Gasteiger partial charge in [0, 0.05) is 30.8 Å². The molecule has 6 rings (SSSR count). The largest absolute Gasteiger partial charge is 0.375 e. The van der Waals surface area contributed by atoms with Crippen molar-refractivity contribution in [2.24, 2.45) is 53.3 Å². The highest BCUT2D eigenvalue weighted by Gasteiger charge is 2.61. The van der Waals surface area contributed by atoms with E-state index in [1.54, 1.807) is 0 Å². The third kappa shape index (κ3) is 7.58. The molecule has 6 saturated heterocycles. The maximum atomic E-state index is 6.33. The second-order valence-corrected chi connectivity index (χ2v) is 18.4. The van der Waals surface area contributed by atoms with Crippen LogP contribution >= 0.6 is 0 Å². The van der Waals surface area contributed by atoms with E-state index >= 15 is 0 Å². The third-order valence-corrected chi connectivity index (χ3v) is 11.8. The summed E-state index contributed by atoms with van der Waals surface area (Å²) in [5, 5.41) is 0. The summed E-state index contributed by atoms with van der Waals surface area (Å²) in [6.45, 7) is 36.4. The van der Waals surface area contributed by atoms with Crippen LogP contribution in [0.3, 0.4) is 0 Å². The molecule has 0 saturated carbocycles. The van der Waals surface area contributed by atoms with Crippen molar-refractivity contribution in [3.63, 3.8) is 0 Å². The molecule has 270 valence electrons. The van der Waals surface area contributed by atoms with Crippen LogP contribution in [0.4, 0.5) is 0 Å². The SMILES string of the molecule is CC(C)CC12CCOC(C(C)O1)C2C(C)C.CC(C)CC12COC(C(C)O1)C2C(C)C.CC(C)CC12COC(C(C)O1)C2C(C)C. The zero-order chi connectivity index (χ0) is 34.4. The zero-order valence-electron chi connectivity index (χ0n) is 32.6. The van der Waals surface area contributed by atoms with Crippen LogP contribution in [0.15, 0.2) is 0 Å². The number of fused-ring (bicyclic) bond motifs is 6. The van der Waals surface area contributed by atoms with Gasteiger partial charge in [-0.2, -0.15) is 0 Å². The van der Waals surface area contributed by atoms with Gasteiger partial charge in [0.1, 0.15) is 0 Å². The van der Waals surface area contributed by atoms with Gasteiger partial charge in [0.2, 0.25) is 0 Å². The summed E-state index contributed by atoms with van der Waals surface area (Å²) >= 11 is 0. The molecule has 0 aromatic carbocycles. The Kier molecular flexibility index (Phi) is 12.5. The first-order valence-electron chi connectivity index (χ1n) is 19.3. The van der Waals surface area contributed by atoms with E-state index in [4.69, 9.17) is 28.4 Å². The monoisotopic (exact) mass is 651 g/mol. The lowest BCUT2D eigenvalue weighted by atomic mass is 9.71. The van der Waals surface area contributed by atoms with Gasteiger partial charge >= 0.3 is 0 Å². The molecule has 0 aliphatic carbocycles. The molecular formula is C40H74O6. The molecule has 46 heavy (non-hydrogen) atoms. The van der Waals surface area contributed by atoms with Crippen molar-refractivity contribution in [2.75, 3.05) is 19.8 Å². The van der Waals surface area contributed by atoms with Crippen LogP contribution in [-0.4, -0.2) is 73.2 Å². The summed E-state index contributed by atoms with van der Waals surface area (Å²) in [5.74, 6) is 5.78. The molecule has 0 radical (unpaired) electrons. The fourth-order valence-electron chi connectivity index (χ4n) is 11.2. The van der Waals surface area contributed by atoms with Crippen LogP contribution in [0, 0.1) is 53.3 Å². The van der Waals surface area contributed by atoms with Crippen molar-refractivity contribution in [1.82, 2.24) is 0 Å². The highest BCUT2D eigenvalue weighted by molar-refractivity contribution is 5.09. The zero-order valence-corrected chi connectivity index (χ0v) is 32.6. The van der Waals surface area contributed by atoms with Gasteiger partial charge in [-0.1, -0.05) is 83.1 Å². The van der Waals surface area contributed by atoms with E-state index in [0.29, 0.717) is 71.6 Å². The molecule has 6 heteroatoms. The average molecular weight is 651 g/mol. The molecule has 6 aliphatic rings. The van der Waals surface area contributed by atoms with E-state index in [2.05, 4.69) is 104 Å².